The molecule has 3 amide bonds. The van der Waals surface area contributed by atoms with Gasteiger partial charge in [0.25, 0.3) is 0 Å². The van der Waals surface area contributed by atoms with Crippen molar-refractivity contribution in [3.05, 3.63) is 65.7 Å². The van der Waals surface area contributed by atoms with Gasteiger partial charge in [-0.15, -0.1) is 0 Å². The molecule has 7 nitrogen and oxygen atoms in total. The van der Waals surface area contributed by atoms with Crippen molar-refractivity contribution < 1.29 is 19.6 Å². The molecule has 178 valence electrons. The van der Waals surface area contributed by atoms with E-state index in [9.17, 15) is 14.4 Å². The average Bonchev–Trinajstić information content (AvgIpc) is 2.77. The van der Waals surface area contributed by atoms with Gasteiger partial charge in [0.05, 0.1) is 0 Å². The average molecular weight is 454 g/mol. The molecule has 2 aromatic carbocycles. The fraction of sp³-hybridized carbons (Fsp3) is 0.423. The number of carbonyl (C=O) groups excluding carboxylic acids is 3. The maximum atomic E-state index is 13.1. The van der Waals surface area contributed by atoms with Crippen LogP contribution in [-0.4, -0.2) is 29.0 Å². The largest absolute Gasteiger partial charge is 0.344 e. The third kappa shape index (κ3) is 8.69. The normalized spacial score (nSPS) is 13.0. The van der Waals surface area contributed by atoms with Gasteiger partial charge in [-0.1, -0.05) is 68.8 Å². The van der Waals surface area contributed by atoms with E-state index in [0.29, 0.717) is 18.5 Å². The van der Waals surface area contributed by atoms with Crippen molar-refractivity contribution in [1.29, 1.82) is 0 Å². The summed E-state index contributed by atoms with van der Waals surface area (Å²) in [5, 5.41) is 14.7. The molecule has 0 aliphatic carbocycles. The number of hydrogen-bond acceptors (Lipinski definition) is 4. The summed E-state index contributed by atoms with van der Waals surface area (Å²) in [6.45, 7) is 7.58. The molecule has 0 bridgehead atoms. The molecule has 0 saturated heterocycles. The van der Waals surface area contributed by atoms with Crippen molar-refractivity contribution in [1.82, 2.24) is 10.8 Å². The van der Waals surface area contributed by atoms with Gasteiger partial charge in [-0.05, 0) is 49.3 Å². The van der Waals surface area contributed by atoms with Gasteiger partial charge in [0, 0.05) is 18.0 Å². The molecule has 0 aliphatic rings. The molecule has 0 heterocycles. The minimum Gasteiger partial charge on any atom is -0.344 e. The molecule has 2 rings (SSSR count). The van der Waals surface area contributed by atoms with Gasteiger partial charge in [0.2, 0.25) is 17.7 Å². The van der Waals surface area contributed by atoms with E-state index in [1.807, 2.05) is 82.3 Å². The summed E-state index contributed by atoms with van der Waals surface area (Å²) >= 11 is 0. The Hall–Kier alpha value is -3.19. The quantitative estimate of drug-likeness (QED) is 0.322. The zero-order valence-electron chi connectivity index (χ0n) is 19.9. The number of carbonyl (C=O) groups is 3. The second kappa shape index (κ2) is 12.2. The highest BCUT2D eigenvalue weighted by atomic mass is 16.5. The van der Waals surface area contributed by atoms with E-state index >= 15 is 0 Å². The van der Waals surface area contributed by atoms with Gasteiger partial charge in [-0.25, -0.2) is 5.48 Å². The molecule has 0 unspecified atom stereocenters. The Balaban J connectivity index is 2.09. The zero-order valence-corrected chi connectivity index (χ0v) is 19.9. The highest BCUT2D eigenvalue weighted by Crippen LogP contribution is 2.23. The first-order valence-electron chi connectivity index (χ1n) is 11.2. The topological polar surface area (TPSA) is 108 Å². The number of amides is 3. The van der Waals surface area contributed by atoms with E-state index in [0.717, 1.165) is 17.5 Å². The molecule has 4 N–H and O–H groups in total. The highest BCUT2D eigenvalue weighted by molar-refractivity contribution is 5.98. The third-order valence-corrected chi connectivity index (χ3v) is 5.52. The van der Waals surface area contributed by atoms with Gasteiger partial charge in [-0.2, -0.15) is 0 Å². The molecular formula is C26H35N3O4. The maximum absolute atomic E-state index is 13.1. The monoisotopic (exact) mass is 453 g/mol. The first-order valence-corrected chi connectivity index (χ1v) is 11.2. The number of hydrogen-bond donors (Lipinski definition) is 4. The summed E-state index contributed by atoms with van der Waals surface area (Å²) in [4.78, 5) is 38.0. The van der Waals surface area contributed by atoms with Crippen LogP contribution >= 0.6 is 0 Å². The molecule has 0 spiro atoms. The molecule has 0 aliphatic heterocycles. The summed E-state index contributed by atoms with van der Waals surface area (Å²) in [6.07, 6.45) is 1.75. The van der Waals surface area contributed by atoms with Crippen molar-refractivity contribution in [2.24, 2.45) is 11.3 Å². The lowest BCUT2D eigenvalue weighted by molar-refractivity contribution is -0.136. The molecule has 0 radical (unpaired) electrons. The van der Waals surface area contributed by atoms with Crippen LogP contribution in [0.3, 0.4) is 0 Å². The molecule has 0 saturated carbocycles. The number of nitrogens with one attached hydrogen (secondary N) is 3. The molecule has 2 atom stereocenters. The van der Waals surface area contributed by atoms with Gasteiger partial charge >= 0.3 is 0 Å². The summed E-state index contributed by atoms with van der Waals surface area (Å²) in [5.41, 5.74) is 3.92. The van der Waals surface area contributed by atoms with Crippen LogP contribution in [0.1, 0.15) is 51.2 Å². The van der Waals surface area contributed by atoms with Crippen LogP contribution in [0.5, 0.6) is 0 Å². The van der Waals surface area contributed by atoms with Gasteiger partial charge in [0.15, 0.2) is 0 Å². The number of anilines is 1. The molecule has 0 aromatic heterocycles. The minimum absolute atomic E-state index is 0.159. The fourth-order valence-electron chi connectivity index (χ4n) is 3.58. The number of rotatable bonds is 10. The van der Waals surface area contributed by atoms with E-state index in [1.54, 1.807) is 5.48 Å². The summed E-state index contributed by atoms with van der Waals surface area (Å²) in [6, 6.07) is 16.5. The maximum Gasteiger partial charge on any atom is 0.247 e. The molecule has 2 aromatic rings. The van der Waals surface area contributed by atoms with Crippen molar-refractivity contribution >= 4 is 23.4 Å². The van der Waals surface area contributed by atoms with Gasteiger partial charge < -0.3 is 10.6 Å². The summed E-state index contributed by atoms with van der Waals surface area (Å²) in [7, 11) is 0. The van der Waals surface area contributed by atoms with Crippen molar-refractivity contribution in [3.63, 3.8) is 0 Å². The van der Waals surface area contributed by atoms with E-state index in [1.165, 1.54) is 0 Å². The number of aryl methyl sites for hydroxylation is 2. The van der Waals surface area contributed by atoms with E-state index < -0.39 is 23.3 Å². The third-order valence-electron chi connectivity index (χ3n) is 5.52. The zero-order chi connectivity index (χ0) is 24.4. The Morgan fingerprint density at radius 2 is 1.58 bits per heavy atom. The summed E-state index contributed by atoms with van der Waals surface area (Å²) in [5.74, 6) is -2.01. The molecule has 7 heteroatoms. The first kappa shape index (κ1) is 26.1. The van der Waals surface area contributed by atoms with Crippen LogP contribution in [0, 0.1) is 18.3 Å². The summed E-state index contributed by atoms with van der Waals surface area (Å²) < 4.78 is 0. The standard InChI is InChI=1S/C26H35N3O4/c1-18-13-15-21(16-14-18)27-25(32)23(26(2,3)4)28-24(31)20(17-22(30)29-33)12-8-11-19-9-6-5-7-10-19/h5-7,9-10,13-16,20,23,33H,8,11-12,17H2,1-4H3,(H,27,32)(H,28,31)(H,29,30)/t20-,23-/m1/s1. The van der Waals surface area contributed by atoms with E-state index in [-0.39, 0.29) is 18.2 Å². The Morgan fingerprint density at radius 3 is 2.15 bits per heavy atom. The van der Waals surface area contributed by atoms with Crippen LogP contribution in [0.2, 0.25) is 0 Å². The highest BCUT2D eigenvalue weighted by Gasteiger charge is 2.35. The Labute approximate surface area is 195 Å². The smallest absolute Gasteiger partial charge is 0.247 e. The Bertz CT molecular complexity index is 921. The van der Waals surface area contributed by atoms with Crippen molar-refractivity contribution in [3.8, 4) is 0 Å². The predicted molar refractivity (Wildman–Crippen MR) is 129 cm³/mol. The van der Waals surface area contributed by atoms with Gasteiger partial charge in [-0.3, -0.25) is 19.6 Å². The fourth-order valence-corrected chi connectivity index (χ4v) is 3.58. The lowest BCUT2D eigenvalue weighted by Gasteiger charge is -2.31. The van der Waals surface area contributed by atoms with Gasteiger partial charge in [0.1, 0.15) is 6.04 Å². The molecular weight excluding hydrogens is 418 g/mol. The van der Waals surface area contributed by atoms with Crippen LogP contribution in [-0.2, 0) is 20.8 Å². The number of benzene rings is 2. The van der Waals surface area contributed by atoms with Crippen LogP contribution in [0.25, 0.3) is 0 Å². The van der Waals surface area contributed by atoms with Crippen molar-refractivity contribution in [2.45, 2.75) is 59.4 Å². The van der Waals surface area contributed by atoms with Crippen LogP contribution in [0.4, 0.5) is 5.69 Å². The van der Waals surface area contributed by atoms with Crippen LogP contribution < -0.4 is 16.1 Å². The lowest BCUT2D eigenvalue weighted by atomic mass is 9.85. The second-order valence-electron chi connectivity index (χ2n) is 9.48. The van der Waals surface area contributed by atoms with E-state index in [2.05, 4.69) is 10.6 Å². The Kier molecular flexibility index (Phi) is 9.60. The minimum atomic E-state index is -0.805. The molecule has 33 heavy (non-hydrogen) atoms. The van der Waals surface area contributed by atoms with Crippen LogP contribution in [0.15, 0.2) is 54.6 Å². The van der Waals surface area contributed by atoms with Crippen molar-refractivity contribution in [2.75, 3.05) is 5.32 Å². The number of hydroxylamine groups is 1. The first-order chi connectivity index (χ1) is 15.6. The SMILES string of the molecule is Cc1ccc(NC(=O)[C@@H](NC(=O)[C@H](CCCc2ccccc2)CC(=O)NO)C(C)(C)C)cc1. The predicted octanol–water partition coefficient (Wildman–Crippen LogP) is 4.00. The second-order valence-corrected chi connectivity index (χ2v) is 9.48. The Morgan fingerprint density at radius 1 is 0.939 bits per heavy atom. The lowest BCUT2D eigenvalue weighted by Crippen LogP contribution is -2.53. The molecule has 0 fully saturated rings. The van der Waals surface area contributed by atoms with E-state index in [4.69, 9.17) is 5.21 Å².